The summed E-state index contributed by atoms with van der Waals surface area (Å²) in [5.41, 5.74) is 1.43. The summed E-state index contributed by atoms with van der Waals surface area (Å²) in [5.74, 6) is 1.46. The van der Waals surface area contributed by atoms with Gasteiger partial charge in [0, 0.05) is 32.3 Å². The molecule has 4 rings (SSSR count). The lowest BCUT2D eigenvalue weighted by molar-refractivity contribution is 0.0426. The van der Waals surface area contributed by atoms with Gasteiger partial charge in [0.25, 0.3) is 0 Å². The fraction of sp³-hybridized carbons (Fsp3) is 0.429. The second-order valence-corrected chi connectivity index (χ2v) is 7.23. The van der Waals surface area contributed by atoms with Crippen LogP contribution >= 0.6 is 24.0 Å². The highest BCUT2D eigenvalue weighted by molar-refractivity contribution is 14.0. The lowest BCUT2D eigenvalue weighted by Gasteiger charge is -2.28. The van der Waals surface area contributed by atoms with E-state index in [1.54, 1.807) is 13.2 Å². The van der Waals surface area contributed by atoms with Crippen LogP contribution in [0.2, 0.25) is 0 Å². The van der Waals surface area contributed by atoms with Crippen molar-refractivity contribution in [1.29, 1.82) is 0 Å². The second kappa shape index (κ2) is 9.09. The van der Waals surface area contributed by atoms with Crippen molar-refractivity contribution in [2.24, 2.45) is 4.99 Å². The average Bonchev–Trinajstić information content (AvgIpc) is 3.29. The number of likely N-dealkylation sites (tertiary alicyclic amines) is 1. The molecule has 7 heteroatoms. The number of fused-ring (bicyclic) bond motifs is 1. The summed E-state index contributed by atoms with van der Waals surface area (Å²) < 4.78 is 5.96. The quantitative estimate of drug-likeness (QED) is 0.389. The minimum atomic E-state index is -0.837. The van der Waals surface area contributed by atoms with E-state index in [9.17, 15) is 5.11 Å². The van der Waals surface area contributed by atoms with E-state index >= 15 is 0 Å². The predicted octanol–water partition coefficient (Wildman–Crippen LogP) is 2.56. The summed E-state index contributed by atoms with van der Waals surface area (Å²) in [7, 11) is 1.78. The number of aliphatic imine (C=N–C) groups is 1. The number of pyridine rings is 1. The molecule has 0 amide bonds. The molecule has 28 heavy (non-hydrogen) atoms. The number of ether oxygens (including phenoxy) is 1. The molecule has 2 aliphatic rings. The summed E-state index contributed by atoms with van der Waals surface area (Å²) in [6, 6.07) is 13.8. The molecule has 2 unspecified atom stereocenters. The van der Waals surface area contributed by atoms with E-state index in [0.29, 0.717) is 12.4 Å². The number of hydrogen-bond acceptors (Lipinski definition) is 4. The number of benzene rings is 1. The molecule has 1 aliphatic carbocycles. The molecule has 2 N–H and O–H groups in total. The molecule has 6 nitrogen and oxygen atoms in total. The SMILES string of the molecule is CN=C(NCC1(O)CCc2ccccc21)N1CCC(Oc2ccccn2)C1.I. The highest BCUT2D eigenvalue weighted by Crippen LogP contribution is 2.36. The molecule has 2 atom stereocenters. The first-order chi connectivity index (χ1) is 13.2. The van der Waals surface area contributed by atoms with Gasteiger partial charge in [-0.1, -0.05) is 30.3 Å². The standard InChI is InChI=1S/C21H26N4O2.HI/c1-22-20(24-15-21(26)11-9-16-6-2-3-7-18(16)21)25-13-10-17(14-25)27-19-8-4-5-12-23-19;/h2-8,12,17,26H,9-11,13-15H2,1H3,(H,22,24);1H. The van der Waals surface area contributed by atoms with Gasteiger partial charge in [-0.05, 0) is 30.0 Å². The van der Waals surface area contributed by atoms with Crippen LogP contribution in [0.5, 0.6) is 5.88 Å². The number of nitrogens with zero attached hydrogens (tertiary/aromatic N) is 3. The normalized spacial score (nSPS) is 23.9. The number of halogens is 1. The lowest BCUT2D eigenvalue weighted by atomic mass is 9.96. The highest BCUT2D eigenvalue weighted by Gasteiger charge is 2.37. The average molecular weight is 494 g/mol. The highest BCUT2D eigenvalue weighted by atomic mass is 127. The van der Waals surface area contributed by atoms with Crippen LogP contribution in [-0.4, -0.2) is 53.7 Å². The van der Waals surface area contributed by atoms with Gasteiger partial charge >= 0.3 is 0 Å². The Bertz CT molecular complexity index is 817. The minimum Gasteiger partial charge on any atom is -0.472 e. The van der Waals surface area contributed by atoms with Gasteiger partial charge in [0.2, 0.25) is 5.88 Å². The van der Waals surface area contributed by atoms with Gasteiger partial charge in [0.1, 0.15) is 11.7 Å². The fourth-order valence-electron chi connectivity index (χ4n) is 4.01. The number of rotatable bonds is 4. The molecule has 2 aromatic rings. The minimum absolute atomic E-state index is 0. The van der Waals surface area contributed by atoms with Gasteiger partial charge in [-0.15, -0.1) is 24.0 Å². The number of aryl methyl sites for hydroxylation is 1. The van der Waals surface area contributed by atoms with Crippen molar-refractivity contribution in [3.8, 4) is 5.88 Å². The Hall–Kier alpha value is -1.87. The Morgan fingerprint density at radius 2 is 2.14 bits per heavy atom. The summed E-state index contributed by atoms with van der Waals surface area (Å²) in [4.78, 5) is 10.8. The molecule has 1 saturated heterocycles. The largest absolute Gasteiger partial charge is 0.472 e. The Morgan fingerprint density at radius 1 is 1.32 bits per heavy atom. The van der Waals surface area contributed by atoms with Gasteiger partial charge in [0.15, 0.2) is 5.96 Å². The molecule has 0 radical (unpaired) electrons. The number of hydrogen-bond donors (Lipinski definition) is 2. The van der Waals surface area contributed by atoms with Gasteiger partial charge in [-0.25, -0.2) is 4.98 Å². The van der Waals surface area contributed by atoms with Crippen molar-refractivity contribution in [2.45, 2.75) is 31.0 Å². The maximum Gasteiger partial charge on any atom is 0.213 e. The molecule has 1 fully saturated rings. The van der Waals surface area contributed by atoms with Crippen LogP contribution < -0.4 is 10.1 Å². The molecule has 1 aliphatic heterocycles. The summed E-state index contributed by atoms with van der Waals surface area (Å²) >= 11 is 0. The van der Waals surface area contributed by atoms with Crippen LogP contribution in [0.4, 0.5) is 0 Å². The molecule has 1 aromatic carbocycles. The Morgan fingerprint density at radius 3 is 2.93 bits per heavy atom. The van der Waals surface area contributed by atoms with Crippen molar-refractivity contribution < 1.29 is 9.84 Å². The van der Waals surface area contributed by atoms with Crippen molar-refractivity contribution in [3.63, 3.8) is 0 Å². The molecule has 0 bridgehead atoms. The zero-order chi connectivity index (χ0) is 18.7. The van der Waals surface area contributed by atoms with E-state index in [1.807, 2.05) is 36.4 Å². The fourth-order valence-corrected chi connectivity index (χ4v) is 4.01. The van der Waals surface area contributed by atoms with Gasteiger partial charge in [-0.2, -0.15) is 0 Å². The van der Waals surface area contributed by atoms with Gasteiger partial charge in [-0.3, -0.25) is 4.99 Å². The molecule has 0 saturated carbocycles. The molecule has 2 heterocycles. The van der Waals surface area contributed by atoms with E-state index < -0.39 is 5.60 Å². The van der Waals surface area contributed by atoms with Gasteiger partial charge in [0.05, 0.1) is 13.1 Å². The predicted molar refractivity (Wildman–Crippen MR) is 120 cm³/mol. The van der Waals surface area contributed by atoms with Crippen LogP contribution in [0.1, 0.15) is 24.0 Å². The Labute approximate surface area is 183 Å². The van der Waals surface area contributed by atoms with E-state index in [1.165, 1.54) is 5.56 Å². The monoisotopic (exact) mass is 494 g/mol. The summed E-state index contributed by atoms with van der Waals surface area (Å²) in [6.07, 6.45) is 4.40. The van der Waals surface area contributed by atoms with Crippen molar-refractivity contribution >= 4 is 29.9 Å². The van der Waals surface area contributed by atoms with Crippen LogP contribution in [0.3, 0.4) is 0 Å². The summed E-state index contributed by atoms with van der Waals surface area (Å²) in [6.45, 7) is 2.08. The first kappa shape index (κ1) is 20.9. The van der Waals surface area contributed by atoms with E-state index in [0.717, 1.165) is 43.9 Å². The third-order valence-corrected chi connectivity index (χ3v) is 5.45. The van der Waals surface area contributed by atoms with E-state index in [-0.39, 0.29) is 30.1 Å². The molecule has 0 spiro atoms. The smallest absolute Gasteiger partial charge is 0.213 e. The third-order valence-electron chi connectivity index (χ3n) is 5.45. The summed E-state index contributed by atoms with van der Waals surface area (Å²) in [5, 5.41) is 14.5. The number of aromatic nitrogens is 1. The van der Waals surface area contributed by atoms with Crippen LogP contribution in [0.25, 0.3) is 0 Å². The number of aliphatic hydroxyl groups is 1. The Balaban J connectivity index is 0.00000225. The first-order valence-corrected chi connectivity index (χ1v) is 9.52. The van der Waals surface area contributed by atoms with Crippen molar-refractivity contribution in [2.75, 3.05) is 26.7 Å². The topological polar surface area (TPSA) is 70.0 Å². The molecular weight excluding hydrogens is 467 g/mol. The maximum absolute atomic E-state index is 11.1. The Kier molecular flexibility index (Phi) is 6.77. The maximum atomic E-state index is 11.1. The van der Waals surface area contributed by atoms with Crippen molar-refractivity contribution in [3.05, 3.63) is 59.8 Å². The first-order valence-electron chi connectivity index (χ1n) is 9.52. The van der Waals surface area contributed by atoms with Crippen LogP contribution in [-0.2, 0) is 12.0 Å². The zero-order valence-electron chi connectivity index (χ0n) is 16.0. The van der Waals surface area contributed by atoms with E-state index in [4.69, 9.17) is 4.74 Å². The molecule has 1 aromatic heterocycles. The van der Waals surface area contributed by atoms with Crippen LogP contribution in [0, 0.1) is 0 Å². The van der Waals surface area contributed by atoms with Gasteiger partial charge < -0.3 is 20.1 Å². The van der Waals surface area contributed by atoms with E-state index in [2.05, 4.69) is 26.3 Å². The van der Waals surface area contributed by atoms with Crippen molar-refractivity contribution in [1.82, 2.24) is 15.2 Å². The second-order valence-electron chi connectivity index (χ2n) is 7.23. The zero-order valence-corrected chi connectivity index (χ0v) is 18.4. The van der Waals surface area contributed by atoms with Crippen LogP contribution in [0.15, 0.2) is 53.7 Å². The number of nitrogens with one attached hydrogen (secondary N) is 1. The number of guanidine groups is 1. The lowest BCUT2D eigenvalue weighted by Crippen LogP contribution is -2.46. The molecular formula is C21H27IN4O2. The third kappa shape index (κ3) is 4.41. The molecule has 150 valence electrons.